The minimum absolute atomic E-state index is 0.0310. The normalized spacial score (nSPS) is 23.5. The first-order chi connectivity index (χ1) is 28.4. The Kier molecular flexibility index (Phi) is 31.1. The molecule has 0 spiro atoms. The Labute approximate surface area is 351 Å². The lowest BCUT2D eigenvalue weighted by Gasteiger charge is -2.41. The number of carbonyl (C=O) groups is 2. The SMILES string of the molecule is CC/C=C/C=C/C=C/C=C/CCCCCC(=O)OC(COC(=O)CCC/C=C/C/C=C/C/C=C/C/C=C/C/C=C/CC)COP(=O)(O)OC1C(O)C(O)C(O)[C@H](O)C1O. The van der Waals surface area contributed by atoms with Crippen molar-refractivity contribution in [1.82, 2.24) is 0 Å². The number of rotatable bonds is 31. The number of aliphatic hydroxyl groups is 5. The van der Waals surface area contributed by atoms with Crippen LogP contribution in [0.3, 0.4) is 0 Å². The molecule has 332 valence electrons. The van der Waals surface area contributed by atoms with Crippen molar-refractivity contribution in [1.29, 1.82) is 0 Å². The number of allylic oxidation sites excluding steroid dienone is 18. The maximum atomic E-state index is 12.8. The topological polar surface area (TPSA) is 210 Å². The zero-order chi connectivity index (χ0) is 43.6. The fraction of sp³-hybridized carbons (Fsp3) is 0.556. The zero-order valence-electron chi connectivity index (χ0n) is 34.7. The number of carbonyl (C=O) groups excluding carboxylic acids is 2. The summed E-state index contributed by atoms with van der Waals surface area (Å²) < 4.78 is 33.3. The van der Waals surface area contributed by atoms with Gasteiger partial charge in [-0.15, -0.1) is 0 Å². The van der Waals surface area contributed by atoms with Crippen molar-refractivity contribution in [2.24, 2.45) is 0 Å². The van der Waals surface area contributed by atoms with E-state index < -0.39 is 75.7 Å². The van der Waals surface area contributed by atoms with E-state index in [-0.39, 0.29) is 12.8 Å². The van der Waals surface area contributed by atoms with Crippen LogP contribution in [-0.2, 0) is 32.7 Å². The van der Waals surface area contributed by atoms with Gasteiger partial charge in [0, 0.05) is 12.8 Å². The Morgan fingerprint density at radius 2 is 1.02 bits per heavy atom. The van der Waals surface area contributed by atoms with Gasteiger partial charge in [0.15, 0.2) is 6.10 Å². The fourth-order valence-electron chi connectivity index (χ4n) is 5.39. The van der Waals surface area contributed by atoms with Crippen LogP contribution in [0.2, 0.25) is 0 Å². The number of esters is 2. The van der Waals surface area contributed by atoms with E-state index in [0.717, 1.165) is 57.8 Å². The van der Waals surface area contributed by atoms with Crippen LogP contribution >= 0.6 is 7.82 Å². The first-order valence-corrected chi connectivity index (χ1v) is 22.2. The van der Waals surface area contributed by atoms with Crippen LogP contribution in [0.5, 0.6) is 0 Å². The number of hydrogen-bond acceptors (Lipinski definition) is 12. The molecule has 0 aliphatic heterocycles. The second-order valence-corrected chi connectivity index (χ2v) is 15.2. The van der Waals surface area contributed by atoms with Crippen molar-refractivity contribution in [3.05, 3.63) is 109 Å². The molecule has 14 heteroatoms. The Balaban J connectivity index is 2.59. The average Bonchev–Trinajstić information content (AvgIpc) is 3.21. The van der Waals surface area contributed by atoms with Crippen LogP contribution < -0.4 is 0 Å². The second-order valence-electron chi connectivity index (χ2n) is 13.8. The van der Waals surface area contributed by atoms with Gasteiger partial charge in [-0.1, -0.05) is 130 Å². The predicted molar refractivity (Wildman–Crippen MR) is 230 cm³/mol. The highest BCUT2D eigenvalue weighted by Crippen LogP contribution is 2.47. The average molecular weight is 849 g/mol. The summed E-state index contributed by atoms with van der Waals surface area (Å²) in [4.78, 5) is 35.5. The van der Waals surface area contributed by atoms with Gasteiger partial charge >= 0.3 is 19.8 Å². The quantitative estimate of drug-likeness (QED) is 0.0134. The van der Waals surface area contributed by atoms with Crippen LogP contribution in [0.15, 0.2) is 109 Å². The van der Waals surface area contributed by atoms with E-state index in [1.54, 1.807) is 0 Å². The summed E-state index contributed by atoms with van der Waals surface area (Å²) in [7, 11) is -5.15. The smallest absolute Gasteiger partial charge is 0.462 e. The molecule has 0 radical (unpaired) electrons. The van der Waals surface area contributed by atoms with Crippen LogP contribution in [-0.4, -0.2) is 98.3 Å². The highest BCUT2D eigenvalue weighted by molar-refractivity contribution is 7.47. The minimum atomic E-state index is -5.15. The molecule has 1 saturated carbocycles. The number of phosphoric ester groups is 1. The van der Waals surface area contributed by atoms with Gasteiger partial charge in [-0.05, 0) is 70.6 Å². The van der Waals surface area contributed by atoms with Crippen molar-refractivity contribution in [2.45, 2.75) is 146 Å². The number of unbranched alkanes of at least 4 members (excludes halogenated alkanes) is 4. The van der Waals surface area contributed by atoms with E-state index in [0.29, 0.717) is 19.3 Å². The second kappa shape index (κ2) is 34.2. The molecule has 7 unspecified atom stereocenters. The highest BCUT2D eigenvalue weighted by atomic mass is 31.2. The molecule has 0 aromatic rings. The standard InChI is InChI=1S/C45H69O13P/c1-3-5-7-9-11-13-15-17-18-19-20-22-23-25-27-29-31-33-38(46)55-35-37(36-56-59(53,54)58-45-43(51)41(49)40(48)42(50)44(45)52)57-39(47)34-32-30-28-26-24-21-16-14-12-10-8-6-4-2/h5-8,10-14,16-18,20-22,24-25,27,37,40-45,48-52H,3-4,9,15,19,23,26,28-36H2,1-2H3,(H,53,54)/b7-5+,8-6+,12-10+,13-11+,16-14+,18-17+,22-20+,24-21+,27-25+/t37?,40?,41-,42?,43?,44?,45?/m0/s1. The van der Waals surface area contributed by atoms with Gasteiger partial charge in [-0.2, -0.15) is 0 Å². The van der Waals surface area contributed by atoms with Crippen molar-refractivity contribution >= 4 is 19.8 Å². The molecule has 13 nitrogen and oxygen atoms in total. The molecule has 0 amide bonds. The Morgan fingerprint density at radius 3 is 1.59 bits per heavy atom. The summed E-state index contributed by atoms with van der Waals surface area (Å²) in [5.41, 5.74) is 0. The van der Waals surface area contributed by atoms with Gasteiger partial charge in [0.05, 0.1) is 6.61 Å². The Bertz CT molecular complexity index is 1440. The Morgan fingerprint density at radius 1 is 0.542 bits per heavy atom. The fourth-order valence-corrected chi connectivity index (χ4v) is 6.36. The van der Waals surface area contributed by atoms with Crippen LogP contribution in [0, 0.1) is 0 Å². The van der Waals surface area contributed by atoms with E-state index in [1.807, 2.05) is 54.7 Å². The first-order valence-electron chi connectivity index (χ1n) is 20.7. The van der Waals surface area contributed by atoms with E-state index >= 15 is 0 Å². The van der Waals surface area contributed by atoms with Crippen molar-refractivity contribution in [3.63, 3.8) is 0 Å². The molecule has 0 aromatic carbocycles. The third-order valence-electron chi connectivity index (χ3n) is 8.70. The largest absolute Gasteiger partial charge is 0.472 e. The highest BCUT2D eigenvalue weighted by Gasteiger charge is 2.51. The third-order valence-corrected chi connectivity index (χ3v) is 9.69. The molecule has 0 heterocycles. The van der Waals surface area contributed by atoms with Crippen molar-refractivity contribution in [3.8, 4) is 0 Å². The number of hydrogen-bond donors (Lipinski definition) is 6. The maximum absolute atomic E-state index is 12.8. The molecule has 8 atom stereocenters. The molecular formula is C45H69O13P. The van der Waals surface area contributed by atoms with E-state index in [9.17, 15) is 44.6 Å². The molecule has 1 aliphatic carbocycles. The first kappa shape index (κ1) is 53.5. The van der Waals surface area contributed by atoms with E-state index in [4.69, 9.17) is 18.5 Å². The molecule has 0 bridgehead atoms. The lowest BCUT2D eigenvalue weighted by Crippen LogP contribution is -2.64. The van der Waals surface area contributed by atoms with Gasteiger partial charge in [0.2, 0.25) is 0 Å². The molecule has 1 aliphatic rings. The van der Waals surface area contributed by atoms with Crippen LogP contribution in [0.4, 0.5) is 0 Å². The molecule has 59 heavy (non-hydrogen) atoms. The molecule has 6 N–H and O–H groups in total. The van der Waals surface area contributed by atoms with Gasteiger partial charge < -0.3 is 39.9 Å². The summed E-state index contributed by atoms with van der Waals surface area (Å²) in [5.74, 6) is -1.23. The Hall–Kier alpha value is -3.49. The third kappa shape index (κ3) is 27.1. The summed E-state index contributed by atoms with van der Waals surface area (Å²) in [6.45, 7) is 2.92. The van der Waals surface area contributed by atoms with Gasteiger partial charge in [-0.25, -0.2) is 4.57 Å². The van der Waals surface area contributed by atoms with Crippen LogP contribution in [0.1, 0.15) is 104 Å². The monoisotopic (exact) mass is 848 g/mol. The van der Waals surface area contributed by atoms with Gasteiger partial charge in [0.1, 0.15) is 43.2 Å². The lowest BCUT2D eigenvalue weighted by molar-refractivity contribution is -0.220. The zero-order valence-corrected chi connectivity index (χ0v) is 35.6. The molecule has 1 fully saturated rings. The predicted octanol–water partition coefficient (Wildman–Crippen LogP) is 7.27. The molecule has 0 saturated heterocycles. The number of aliphatic hydroxyl groups excluding tert-OH is 5. The summed E-state index contributed by atoms with van der Waals surface area (Å²) >= 11 is 0. The number of phosphoric acid groups is 1. The molecule has 0 aromatic heterocycles. The van der Waals surface area contributed by atoms with E-state index in [2.05, 4.69) is 68.5 Å². The van der Waals surface area contributed by atoms with Crippen molar-refractivity contribution in [2.75, 3.05) is 13.2 Å². The molecule has 1 rings (SSSR count). The van der Waals surface area contributed by atoms with Gasteiger partial charge in [-0.3, -0.25) is 18.6 Å². The van der Waals surface area contributed by atoms with E-state index in [1.165, 1.54) is 0 Å². The summed E-state index contributed by atoms with van der Waals surface area (Å²) in [6.07, 6.45) is 33.1. The van der Waals surface area contributed by atoms with Crippen molar-refractivity contribution < 1.29 is 63.1 Å². The van der Waals surface area contributed by atoms with Gasteiger partial charge in [0.25, 0.3) is 0 Å². The lowest BCUT2D eigenvalue weighted by atomic mass is 9.85. The molecular weight excluding hydrogens is 779 g/mol. The summed E-state index contributed by atoms with van der Waals surface area (Å²) in [6, 6.07) is 0. The minimum Gasteiger partial charge on any atom is -0.462 e. The number of ether oxygens (including phenoxy) is 2. The maximum Gasteiger partial charge on any atom is 0.472 e. The van der Waals surface area contributed by atoms with Crippen LogP contribution in [0.25, 0.3) is 0 Å². The summed E-state index contributed by atoms with van der Waals surface area (Å²) in [5, 5.41) is 50.0.